The number of nitrogens with zero attached hydrogens (tertiary/aromatic N) is 4. The van der Waals surface area contributed by atoms with E-state index in [1.165, 1.54) is 16.8 Å². The van der Waals surface area contributed by atoms with Gasteiger partial charge in [0.1, 0.15) is 0 Å². The maximum atomic E-state index is 4.24. The largest absolute Gasteiger partial charge is 0.369 e. The molecule has 0 radical (unpaired) electrons. The van der Waals surface area contributed by atoms with Crippen LogP contribution >= 0.6 is 0 Å². The van der Waals surface area contributed by atoms with Crippen molar-refractivity contribution in [2.75, 3.05) is 44.2 Å². The summed E-state index contributed by atoms with van der Waals surface area (Å²) in [7, 11) is 1.96. The molecule has 1 saturated heterocycles. The van der Waals surface area contributed by atoms with Gasteiger partial charge >= 0.3 is 0 Å². The van der Waals surface area contributed by atoms with Gasteiger partial charge in [-0.25, -0.2) is 0 Å². The fourth-order valence-corrected chi connectivity index (χ4v) is 3.28. The zero-order valence-electron chi connectivity index (χ0n) is 15.1. The third-order valence-electron chi connectivity index (χ3n) is 4.84. The molecule has 5 nitrogen and oxygen atoms in total. The third-order valence-corrected chi connectivity index (χ3v) is 4.84. The van der Waals surface area contributed by atoms with Crippen LogP contribution in [0.5, 0.6) is 0 Å². The lowest BCUT2D eigenvalue weighted by Crippen LogP contribution is -2.48. The van der Waals surface area contributed by atoms with E-state index in [2.05, 4.69) is 64.5 Å². The van der Waals surface area contributed by atoms with Crippen LogP contribution in [0.4, 0.5) is 5.69 Å². The smallest absolute Gasteiger partial charge is 0.0537 e. The van der Waals surface area contributed by atoms with Gasteiger partial charge in [0.05, 0.1) is 6.20 Å². The summed E-state index contributed by atoms with van der Waals surface area (Å²) in [6, 6.07) is 9.18. The maximum absolute atomic E-state index is 4.24. The van der Waals surface area contributed by atoms with E-state index < -0.39 is 0 Å². The second-order valence-electron chi connectivity index (χ2n) is 6.79. The van der Waals surface area contributed by atoms with Crippen molar-refractivity contribution < 1.29 is 0 Å². The molecule has 5 heteroatoms. The second-order valence-corrected chi connectivity index (χ2v) is 6.79. The highest BCUT2D eigenvalue weighted by Crippen LogP contribution is 2.17. The molecule has 1 aromatic heterocycles. The molecular weight excluding hydrogens is 298 g/mol. The number of benzene rings is 1. The summed E-state index contributed by atoms with van der Waals surface area (Å²) in [4.78, 5) is 5.05. The van der Waals surface area contributed by atoms with Crippen LogP contribution in [0.25, 0.3) is 0 Å². The van der Waals surface area contributed by atoms with Gasteiger partial charge in [0.25, 0.3) is 0 Å². The summed E-state index contributed by atoms with van der Waals surface area (Å²) in [5, 5.41) is 7.84. The Hall–Kier alpha value is -1.85. The Morgan fingerprint density at radius 3 is 2.67 bits per heavy atom. The van der Waals surface area contributed by atoms with Gasteiger partial charge < -0.3 is 10.2 Å². The Labute approximate surface area is 145 Å². The first kappa shape index (κ1) is 17.0. The van der Waals surface area contributed by atoms with Crippen LogP contribution in [0.3, 0.4) is 0 Å². The van der Waals surface area contributed by atoms with Crippen molar-refractivity contribution in [2.45, 2.75) is 19.9 Å². The topological polar surface area (TPSA) is 36.3 Å². The quantitative estimate of drug-likeness (QED) is 0.882. The lowest BCUT2D eigenvalue weighted by molar-refractivity contribution is 0.255. The number of aromatic nitrogens is 2. The first-order valence-electron chi connectivity index (χ1n) is 8.88. The molecule has 24 heavy (non-hydrogen) atoms. The van der Waals surface area contributed by atoms with Gasteiger partial charge in [-0.2, -0.15) is 5.10 Å². The Morgan fingerprint density at radius 2 is 2.00 bits per heavy atom. The molecule has 0 amide bonds. The number of nitrogens with one attached hydrogen (secondary N) is 1. The number of anilines is 1. The van der Waals surface area contributed by atoms with Crippen molar-refractivity contribution in [3.63, 3.8) is 0 Å². The normalized spacial score (nSPS) is 17.2. The average Bonchev–Trinajstić information content (AvgIpc) is 3.02. The molecule has 2 aromatic rings. The van der Waals surface area contributed by atoms with Crippen molar-refractivity contribution >= 4 is 5.69 Å². The molecule has 130 valence electrons. The maximum Gasteiger partial charge on any atom is 0.0537 e. The number of aryl methyl sites for hydroxylation is 2. The Balaban J connectivity index is 1.39. The van der Waals surface area contributed by atoms with Crippen molar-refractivity contribution in [3.05, 3.63) is 47.8 Å². The van der Waals surface area contributed by atoms with E-state index in [-0.39, 0.29) is 0 Å². The van der Waals surface area contributed by atoms with E-state index in [1.807, 2.05) is 17.9 Å². The fraction of sp³-hybridized carbons (Fsp3) is 0.526. The number of hydrogen-bond donors (Lipinski definition) is 1. The van der Waals surface area contributed by atoms with Gasteiger partial charge in [-0.05, 0) is 31.5 Å². The minimum Gasteiger partial charge on any atom is -0.369 e. The van der Waals surface area contributed by atoms with Gasteiger partial charge in [0, 0.05) is 69.8 Å². The van der Waals surface area contributed by atoms with E-state index in [0.717, 1.165) is 39.3 Å². The van der Waals surface area contributed by atoms with Crippen LogP contribution in [0.15, 0.2) is 36.7 Å². The summed E-state index contributed by atoms with van der Waals surface area (Å²) < 4.78 is 1.86. The number of piperazine rings is 1. The summed E-state index contributed by atoms with van der Waals surface area (Å²) in [6.45, 7) is 11.0. The van der Waals surface area contributed by atoms with E-state index in [4.69, 9.17) is 0 Å². The SMILES string of the molecule is Cc1cccc(N2CCN(CCN[C@H](C)c3cnn(C)c3)CC2)c1. The number of hydrogen-bond acceptors (Lipinski definition) is 4. The first-order chi connectivity index (χ1) is 11.6. The van der Waals surface area contributed by atoms with E-state index >= 15 is 0 Å². The molecular formula is C19H29N5. The molecule has 0 aliphatic carbocycles. The Kier molecular flexibility index (Phi) is 5.53. The molecule has 1 aliphatic rings. The van der Waals surface area contributed by atoms with Crippen LogP contribution in [-0.2, 0) is 7.05 Å². The molecule has 0 saturated carbocycles. The van der Waals surface area contributed by atoms with Crippen molar-refractivity contribution in [3.8, 4) is 0 Å². The molecule has 1 aliphatic heterocycles. The third kappa shape index (κ3) is 4.36. The molecule has 0 bridgehead atoms. The van der Waals surface area contributed by atoms with Gasteiger partial charge in [-0.1, -0.05) is 12.1 Å². The van der Waals surface area contributed by atoms with E-state index in [0.29, 0.717) is 6.04 Å². The zero-order valence-corrected chi connectivity index (χ0v) is 15.1. The van der Waals surface area contributed by atoms with Crippen LogP contribution in [0.2, 0.25) is 0 Å². The summed E-state index contributed by atoms with van der Waals surface area (Å²) in [5.74, 6) is 0. The monoisotopic (exact) mass is 327 g/mol. The fourth-order valence-electron chi connectivity index (χ4n) is 3.28. The molecule has 0 unspecified atom stereocenters. The zero-order chi connectivity index (χ0) is 16.9. The van der Waals surface area contributed by atoms with Crippen molar-refractivity contribution in [1.29, 1.82) is 0 Å². The molecule has 2 heterocycles. The van der Waals surface area contributed by atoms with E-state index in [9.17, 15) is 0 Å². The van der Waals surface area contributed by atoms with Crippen molar-refractivity contribution in [1.82, 2.24) is 20.0 Å². The van der Waals surface area contributed by atoms with Crippen molar-refractivity contribution in [2.24, 2.45) is 7.05 Å². The standard InChI is InChI=1S/C19H29N5/c1-16-5-4-6-19(13-16)24-11-9-23(10-12-24)8-7-20-17(2)18-14-21-22(3)15-18/h4-6,13-15,17,20H,7-12H2,1-3H3/t17-/m1/s1. The van der Waals surface area contributed by atoms with Gasteiger partial charge in [-0.15, -0.1) is 0 Å². The Bertz CT molecular complexity index is 643. The lowest BCUT2D eigenvalue weighted by atomic mass is 10.2. The highest BCUT2D eigenvalue weighted by Gasteiger charge is 2.17. The average molecular weight is 327 g/mol. The molecule has 1 N–H and O–H groups in total. The summed E-state index contributed by atoms with van der Waals surface area (Å²) in [6.07, 6.45) is 4.02. The highest BCUT2D eigenvalue weighted by atomic mass is 15.3. The van der Waals surface area contributed by atoms with Gasteiger partial charge in [0.2, 0.25) is 0 Å². The second kappa shape index (κ2) is 7.81. The van der Waals surface area contributed by atoms with Gasteiger partial charge in [0.15, 0.2) is 0 Å². The first-order valence-corrected chi connectivity index (χ1v) is 8.88. The summed E-state index contributed by atoms with van der Waals surface area (Å²) in [5.41, 5.74) is 3.95. The van der Waals surface area contributed by atoms with Gasteiger partial charge in [-0.3, -0.25) is 9.58 Å². The molecule has 1 atom stereocenters. The summed E-state index contributed by atoms with van der Waals surface area (Å²) >= 11 is 0. The van der Waals surface area contributed by atoms with E-state index in [1.54, 1.807) is 0 Å². The molecule has 1 fully saturated rings. The minimum absolute atomic E-state index is 0.354. The Morgan fingerprint density at radius 1 is 1.21 bits per heavy atom. The lowest BCUT2D eigenvalue weighted by Gasteiger charge is -2.36. The van der Waals surface area contributed by atoms with Crippen LogP contribution in [-0.4, -0.2) is 53.9 Å². The van der Waals surface area contributed by atoms with Crippen LogP contribution < -0.4 is 10.2 Å². The number of rotatable bonds is 6. The predicted octanol–water partition coefficient (Wildman–Crippen LogP) is 2.20. The highest BCUT2D eigenvalue weighted by molar-refractivity contribution is 5.48. The molecule has 0 spiro atoms. The molecule has 3 rings (SSSR count). The molecule has 1 aromatic carbocycles. The predicted molar refractivity (Wildman–Crippen MR) is 99.5 cm³/mol. The van der Waals surface area contributed by atoms with Crippen LogP contribution in [0.1, 0.15) is 24.1 Å². The van der Waals surface area contributed by atoms with Crippen LogP contribution in [0, 0.1) is 6.92 Å². The minimum atomic E-state index is 0.354.